The highest BCUT2D eigenvalue weighted by Crippen LogP contribution is 2.39. The number of hydrogen-bond donors (Lipinski definition) is 4. The van der Waals surface area contributed by atoms with E-state index >= 15 is 0 Å². The molecule has 0 fully saturated rings. The van der Waals surface area contributed by atoms with E-state index in [9.17, 15) is 14.7 Å². The molecule has 20 heavy (non-hydrogen) atoms. The first-order chi connectivity index (χ1) is 9.27. The lowest BCUT2D eigenvalue weighted by atomic mass is 9.70. The number of rotatable bonds is 9. The van der Waals surface area contributed by atoms with Crippen LogP contribution >= 0.6 is 0 Å². The zero-order valence-electron chi connectivity index (χ0n) is 13.0. The number of nitrogens with one attached hydrogen (secondary N) is 2. The summed E-state index contributed by atoms with van der Waals surface area (Å²) in [5.41, 5.74) is -2.73. The van der Waals surface area contributed by atoms with E-state index in [-0.39, 0.29) is 25.0 Å². The summed E-state index contributed by atoms with van der Waals surface area (Å²) >= 11 is 0. The smallest absolute Gasteiger partial charge is 0.231 e. The average Bonchev–Trinajstić information content (AvgIpc) is 2.33. The largest absolute Gasteiger partial charge is 0.395 e. The minimum absolute atomic E-state index is 0.129. The summed E-state index contributed by atoms with van der Waals surface area (Å²) in [6.45, 7) is 6.58. The summed E-state index contributed by atoms with van der Waals surface area (Å²) in [5, 5.41) is 24.6. The van der Waals surface area contributed by atoms with Gasteiger partial charge < -0.3 is 20.8 Å². The van der Waals surface area contributed by atoms with Gasteiger partial charge in [0.25, 0.3) is 0 Å². The number of hydrogen-bond acceptors (Lipinski definition) is 4. The molecule has 0 aliphatic carbocycles. The topological polar surface area (TPSA) is 98.7 Å². The van der Waals surface area contributed by atoms with Gasteiger partial charge in [-0.25, -0.2) is 0 Å². The lowest BCUT2D eigenvalue weighted by Crippen LogP contribution is -2.63. The number of amides is 2. The fourth-order valence-corrected chi connectivity index (χ4v) is 2.71. The molecule has 6 heteroatoms. The van der Waals surface area contributed by atoms with Crippen LogP contribution in [0.2, 0.25) is 0 Å². The van der Waals surface area contributed by atoms with Crippen LogP contribution < -0.4 is 10.6 Å². The Morgan fingerprint density at radius 3 is 2.00 bits per heavy atom. The Bertz CT molecular complexity index is 323. The van der Waals surface area contributed by atoms with Gasteiger partial charge in [0.1, 0.15) is 5.72 Å². The van der Waals surface area contributed by atoms with Crippen molar-refractivity contribution in [3.8, 4) is 0 Å². The molecule has 1 unspecified atom stereocenters. The van der Waals surface area contributed by atoms with Crippen LogP contribution in [0.3, 0.4) is 0 Å². The van der Waals surface area contributed by atoms with Crippen molar-refractivity contribution < 1.29 is 19.8 Å². The molecule has 0 saturated carbocycles. The maximum atomic E-state index is 12.5. The summed E-state index contributed by atoms with van der Waals surface area (Å²) in [4.78, 5) is 23.8. The van der Waals surface area contributed by atoms with Gasteiger partial charge in [0, 0.05) is 13.5 Å². The SMILES string of the molecule is CCCC(CCC)(C(=O)NCCO)C(C)(O)NC(C)=O. The molecule has 0 spiro atoms. The Kier molecular flexibility index (Phi) is 7.75. The quantitative estimate of drug-likeness (QED) is 0.465. The fraction of sp³-hybridized carbons (Fsp3) is 0.857. The first-order valence-corrected chi connectivity index (χ1v) is 7.17. The summed E-state index contributed by atoms with van der Waals surface area (Å²) in [6, 6.07) is 0. The fourth-order valence-electron chi connectivity index (χ4n) is 2.71. The second-order valence-corrected chi connectivity index (χ2v) is 5.32. The Balaban J connectivity index is 5.49. The summed E-state index contributed by atoms with van der Waals surface area (Å²) in [5.74, 6) is -0.726. The van der Waals surface area contributed by atoms with E-state index in [1.54, 1.807) is 0 Å². The van der Waals surface area contributed by atoms with Crippen LogP contribution in [0.1, 0.15) is 53.4 Å². The molecular weight excluding hydrogens is 260 g/mol. The van der Waals surface area contributed by atoms with Crippen molar-refractivity contribution in [2.75, 3.05) is 13.2 Å². The second kappa shape index (κ2) is 8.21. The molecule has 0 aromatic heterocycles. The number of carbonyl (C=O) groups is 2. The Morgan fingerprint density at radius 1 is 1.15 bits per heavy atom. The maximum absolute atomic E-state index is 12.5. The summed E-state index contributed by atoms with van der Waals surface area (Å²) in [6.07, 6.45) is 2.29. The molecule has 0 aromatic carbocycles. The standard InChI is InChI=1S/C14H28N2O4/c1-5-7-14(8-6-2,12(19)15-9-10-17)13(4,20)16-11(3)18/h17,20H,5-10H2,1-4H3,(H,15,19)(H,16,18). The van der Waals surface area contributed by atoms with Crippen LogP contribution in [0, 0.1) is 5.41 Å². The van der Waals surface area contributed by atoms with Crippen LogP contribution in [0.5, 0.6) is 0 Å². The summed E-state index contributed by atoms with van der Waals surface area (Å²) < 4.78 is 0. The molecule has 4 N–H and O–H groups in total. The zero-order valence-corrected chi connectivity index (χ0v) is 13.0. The minimum atomic E-state index is -1.63. The molecule has 0 heterocycles. The molecule has 1 atom stereocenters. The summed E-state index contributed by atoms with van der Waals surface area (Å²) in [7, 11) is 0. The molecule has 0 aromatic rings. The third-order valence-corrected chi connectivity index (χ3v) is 3.54. The molecule has 0 aliphatic rings. The van der Waals surface area contributed by atoms with Gasteiger partial charge in [-0.1, -0.05) is 26.7 Å². The monoisotopic (exact) mass is 288 g/mol. The van der Waals surface area contributed by atoms with E-state index in [1.165, 1.54) is 13.8 Å². The number of carbonyl (C=O) groups excluding carboxylic acids is 2. The van der Waals surface area contributed by atoms with Crippen LogP contribution in [-0.4, -0.2) is 40.9 Å². The van der Waals surface area contributed by atoms with E-state index in [0.717, 1.165) is 0 Å². The van der Waals surface area contributed by atoms with E-state index < -0.39 is 11.1 Å². The first-order valence-electron chi connectivity index (χ1n) is 7.17. The minimum Gasteiger partial charge on any atom is -0.395 e. The molecule has 6 nitrogen and oxygen atoms in total. The van der Waals surface area contributed by atoms with Gasteiger partial charge in [-0.2, -0.15) is 0 Å². The normalized spacial score (nSPS) is 14.5. The van der Waals surface area contributed by atoms with Gasteiger partial charge in [-0.15, -0.1) is 0 Å². The van der Waals surface area contributed by atoms with Crippen molar-refractivity contribution >= 4 is 11.8 Å². The van der Waals surface area contributed by atoms with Gasteiger partial charge in [0.2, 0.25) is 11.8 Å². The van der Waals surface area contributed by atoms with E-state index in [4.69, 9.17) is 5.11 Å². The number of aliphatic hydroxyl groups excluding tert-OH is 1. The van der Waals surface area contributed by atoms with Gasteiger partial charge in [0.15, 0.2) is 0 Å². The Labute approximate surface area is 120 Å². The average molecular weight is 288 g/mol. The maximum Gasteiger partial charge on any atom is 0.231 e. The predicted octanol–water partition coefficient (Wildman–Crippen LogP) is 0.526. The molecule has 0 saturated heterocycles. The van der Waals surface area contributed by atoms with E-state index in [1.807, 2.05) is 13.8 Å². The zero-order chi connectivity index (χ0) is 15.8. The van der Waals surface area contributed by atoms with Crippen molar-refractivity contribution in [3.63, 3.8) is 0 Å². The van der Waals surface area contributed by atoms with Crippen molar-refractivity contribution in [3.05, 3.63) is 0 Å². The highest BCUT2D eigenvalue weighted by atomic mass is 16.3. The highest BCUT2D eigenvalue weighted by molar-refractivity contribution is 5.85. The van der Waals surface area contributed by atoms with Gasteiger partial charge in [0.05, 0.1) is 12.0 Å². The molecule has 0 radical (unpaired) electrons. The van der Waals surface area contributed by atoms with Crippen LogP contribution in [-0.2, 0) is 9.59 Å². The lowest BCUT2D eigenvalue weighted by Gasteiger charge is -2.44. The van der Waals surface area contributed by atoms with Crippen molar-refractivity contribution in [1.29, 1.82) is 0 Å². The third-order valence-electron chi connectivity index (χ3n) is 3.54. The van der Waals surface area contributed by atoms with Gasteiger partial charge in [-0.3, -0.25) is 9.59 Å². The number of aliphatic hydroxyl groups is 2. The van der Waals surface area contributed by atoms with Gasteiger partial charge >= 0.3 is 0 Å². The molecule has 0 rings (SSSR count). The Morgan fingerprint density at radius 2 is 1.65 bits per heavy atom. The second-order valence-electron chi connectivity index (χ2n) is 5.32. The third kappa shape index (κ3) is 4.45. The first kappa shape index (κ1) is 18.9. The predicted molar refractivity (Wildman–Crippen MR) is 76.8 cm³/mol. The van der Waals surface area contributed by atoms with Crippen LogP contribution in [0.25, 0.3) is 0 Å². The molecule has 118 valence electrons. The van der Waals surface area contributed by atoms with Crippen LogP contribution in [0.4, 0.5) is 0 Å². The molecular formula is C14H28N2O4. The van der Waals surface area contributed by atoms with E-state index in [0.29, 0.717) is 25.7 Å². The molecule has 2 amide bonds. The lowest BCUT2D eigenvalue weighted by molar-refractivity contribution is -0.161. The van der Waals surface area contributed by atoms with Crippen LogP contribution in [0.15, 0.2) is 0 Å². The molecule has 0 bridgehead atoms. The highest BCUT2D eigenvalue weighted by Gasteiger charge is 2.52. The molecule has 0 aliphatic heterocycles. The van der Waals surface area contributed by atoms with Crippen molar-refractivity contribution in [2.45, 2.75) is 59.1 Å². The van der Waals surface area contributed by atoms with Crippen molar-refractivity contribution in [1.82, 2.24) is 10.6 Å². The van der Waals surface area contributed by atoms with E-state index in [2.05, 4.69) is 10.6 Å². The van der Waals surface area contributed by atoms with Gasteiger partial charge in [-0.05, 0) is 19.8 Å². The Hall–Kier alpha value is -1.14. The van der Waals surface area contributed by atoms with Crippen molar-refractivity contribution in [2.24, 2.45) is 5.41 Å².